The second kappa shape index (κ2) is 6.63. The van der Waals surface area contributed by atoms with Gasteiger partial charge in [-0.3, -0.25) is 4.79 Å². The van der Waals surface area contributed by atoms with Crippen LogP contribution in [0.5, 0.6) is 0 Å². The van der Waals surface area contributed by atoms with Crippen LogP contribution in [0.4, 0.5) is 0 Å². The summed E-state index contributed by atoms with van der Waals surface area (Å²) in [5.41, 5.74) is 7.93. The lowest BCUT2D eigenvalue weighted by Gasteiger charge is -2.17. The summed E-state index contributed by atoms with van der Waals surface area (Å²) in [5.74, 6) is 0.721. The van der Waals surface area contributed by atoms with Crippen molar-refractivity contribution in [3.63, 3.8) is 0 Å². The number of halogens is 1. The highest BCUT2D eigenvalue weighted by Gasteiger charge is 2.35. The van der Waals surface area contributed by atoms with Crippen LogP contribution in [0, 0.1) is 5.92 Å². The van der Waals surface area contributed by atoms with Crippen molar-refractivity contribution < 1.29 is 4.79 Å². The van der Waals surface area contributed by atoms with Crippen LogP contribution < -0.4 is 5.73 Å². The fraction of sp³-hybridized carbons (Fsp3) is 0.278. The van der Waals surface area contributed by atoms with Gasteiger partial charge >= 0.3 is 0 Å². The Morgan fingerprint density at radius 1 is 1.14 bits per heavy atom. The highest BCUT2D eigenvalue weighted by molar-refractivity contribution is 9.10. The van der Waals surface area contributed by atoms with E-state index >= 15 is 0 Å². The number of carbonyl (C=O) groups is 1. The van der Waals surface area contributed by atoms with Gasteiger partial charge in [0.05, 0.1) is 0 Å². The summed E-state index contributed by atoms with van der Waals surface area (Å²) in [7, 11) is 0. The summed E-state index contributed by atoms with van der Waals surface area (Å²) in [6, 6.07) is 17.9. The van der Waals surface area contributed by atoms with E-state index in [2.05, 4.69) is 28.1 Å². The molecule has 1 aliphatic heterocycles. The average Bonchev–Trinajstić information content (AvgIpc) is 2.99. The Balaban J connectivity index is 1.81. The molecule has 2 N–H and O–H groups in total. The van der Waals surface area contributed by atoms with Crippen molar-refractivity contribution >= 4 is 21.8 Å². The van der Waals surface area contributed by atoms with Crippen LogP contribution >= 0.6 is 15.9 Å². The van der Waals surface area contributed by atoms with Crippen LogP contribution in [0.3, 0.4) is 0 Å². The van der Waals surface area contributed by atoms with Gasteiger partial charge in [-0.15, -0.1) is 0 Å². The van der Waals surface area contributed by atoms with Crippen LogP contribution in [-0.2, 0) is 0 Å². The molecule has 0 saturated carbocycles. The summed E-state index contributed by atoms with van der Waals surface area (Å²) in [6.07, 6.45) is 0. The Hall–Kier alpha value is -1.65. The lowest BCUT2D eigenvalue weighted by Crippen LogP contribution is -2.29. The molecule has 3 nitrogen and oxygen atoms in total. The molecule has 22 heavy (non-hydrogen) atoms. The number of nitrogens with two attached hydrogens (primary N) is 1. The first-order valence-corrected chi connectivity index (χ1v) is 8.28. The molecule has 1 aliphatic rings. The second-order valence-electron chi connectivity index (χ2n) is 5.73. The number of likely N-dealkylation sites (tertiary alicyclic amines) is 1. The molecule has 0 radical (unpaired) electrons. The van der Waals surface area contributed by atoms with Crippen LogP contribution in [0.2, 0.25) is 0 Å². The van der Waals surface area contributed by atoms with Crippen molar-refractivity contribution in [3.05, 3.63) is 70.2 Å². The molecule has 1 amide bonds. The Morgan fingerprint density at radius 2 is 1.91 bits per heavy atom. The summed E-state index contributed by atoms with van der Waals surface area (Å²) < 4.78 is 0.924. The number of hydrogen-bond donors (Lipinski definition) is 1. The van der Waals surface area contributed by atoms with Crippen LogP contribution in [0.15, 0.2) is 59.1 Å². The molecule has 3 rings (SSSR count). The summed E-state index contributed by atoms with van der Waals surface area (Å²) in [5, 5.41) is 0. The standard InChI is InChI=1S/C18H19BrN2O/c19-16-8-4-7-14(9-16)18(22)21-11-15(10-20)17(12-21)13-5-2-1-3-6-13/h1-9,15,17H,10-12,20H2/t15-,17+/m1/s1. The van der Waals surface area contributed by atoms with Crippen LogP contribution in [-0.4, -0.2) is 30.4 Å². The van der Waals surface area contributed by atoms with Gasteiger partial charge in [0.2, 0.25) is 0 Å². The summed E-state index contributed by atoms with van der Waals surface area (Å²) >= 11 is 3.42. The highest BCUT2D eigenvalue weighted by atomic mass is 79.9. The molecule has 114 valence electrons. The molecule has 1 heterocycles. The number of amides is 1. The molecule has 0 unspecified atom stereocenters. The van der Waals surface area contributed by atoms with Gasteiger partial charge in [-0.25, -0.2) is 0 Å². The van der Waals surface area contributed by atoms with Crippen molar-refractivity contribution in [2.75, 3.05) is 19.6 Å². The Labute approximate surface area is 139 Å². The number of hydrogen-bond acceptors (Lipinski definition) is 2. The molecule has 0 aromatic heterocycles. The van der Waals surface area contributed by atoms with Gasteiger partial charge in [0.1, 0.15) is 0 Å². The lowest BCUT2D eigenvalue weighted by molar-refractivity contribution is 0.0786. The maximum atomic E-state index is 12.7. The van der Waals surface area contributed by atoms with Gasteiger partial charge < -0.3 is 10.6 Å². The first kappa shape index (κ1) is 15.3. The topological polar surface area (TPSA) is 46.3 Å². The Bertz CT molecular complexity index is 659. The third-order valence-electron chi connectivity index (χ3n) is 4.33. The molecular weight excluding hydrogens is 340 g/mol. The highest BCUT2D eigenvalue weighted by Crippen LogP contribution is 2.32. The maximum absolute atomic E-state index is 12.7. The van der Waals surface area contributed by atoms with Gasteiger partial charge in [-0.1, -0.05) is 52.3 Å². The van der Waals surface area contributed by atoms with Gasteiger partial charge in [0.25, 0.3) is 5.91 Å². The SMILES string of the molecule is NC[C@@H]1CN(C(=O)c2cccc(Br)c2)C[C@H]1c1ccccc1. The Morgan fingerprint density at radius 3 is 2.59 bits per heavy atom. The van der Waals surface area contributed by atoms with Gasteiger partial charge in [0.15, 0.2) is 0 Å². The van der Waals surface area contributed by atoms with Crippen molar-refractivity contribution in [1.82, 2.24) is 4.90 Å². The monoisotopic (exact) mass is 358 g/mol. The summed E-state index contributed by atoms with van der Waals surface area (Å²) in [6.45, 7) is 2.06. The number of rotatable bonds is 3. The van der Waals surface area contributed by atoms with E-state index in [1.165, 1.54) is 5.56 Å². The van der Waals surface area contributed by atoms with Crippen LogP contribution in [0.1, 0.15) is 21.8 Å². The normalized spacial score (nSPS) is 21.1. The van der Waals surface area contributed by atoms with E-state index < -0.39 is 0 Å². The third-order valence-corrected chi connectivity index (χ3v) is 4.82. The number of carbonyl (C=O) groups excluding carboxylic acids is 1. The molecule has 2 aromatic rings. The van der Waals surface area contributed by atoms with E-state index in [9.17, 15) is 4.79 Å². The van der Waals surface area contributed by atoms with E-state index in [1.54, 1.807) is 0 Å². The minimum atomic E-state index is 0.0816. The predicted molar refractivity (Wildman–Crippen MR) is 91.8 cm³/mol. The predicted octanol–water partition coefficient (Wildman–Crippen LogP) is 3.26. The van der Waals surface area contributed by atoms with E-state index in [0.29, 0.717) is 18.4 Å². The first-order valence-electron chi connectivity index (χ1n) is 7.49. The summed E-state index contributed by atoms with van der Waals surface area (Å²) in [4.78, 5) is 14.6. The minimum absolute atomic E-state index is 0.0816. The molecule has 1 saturated heterocycles. The van der Waals surface area contributed by atoms with Crippen molar-refractivity contribution in [2.24, 2.45) is 11.7 Å². The zero-order chi connectivity index (χ0) is 15.5. The zero-order valence-corrected chi connectivity index (χ0v) is 13.9. The van der Waals surface area contributed by atoms with Gasteiger partial charge in [-0.05, 0) is 36.2 Å². The van der Waals surface area contributed by atoms with Crippen molar-refractivity contribution in [1.29, 1.82) is 0 Å². The van der Waals surface area contributed by atoms with E-state index in [-0.39, 0.29) is 5.91 Å². The number of benzene rings is 2. The fourth-order valence-electron chi connectivity index (χ4n) is 3.16. The maximum Gasteiger partial charge on any atom is 0.253 e. The lowest BCUT2D eigenvalue weighted by atomic mass is 9.89. The molecule has 0 aliphatic carbocycles. The smallest absolute Gasteiger partial charge is 0.253 e. The molecule has 1 fully saturated rings. The zero-order valence-electron chi connectivity index (χ0n) is 12.3. The third kappa shape index (κ3) is 3.08. The second-order valence-corrected chi connectivity index (χ2v) is 6.65. The van der Waals surface area contributed by atoms with E-state index in [0.717, 1.165) is 23.1 Å². The molecule has 4 heteroatoms. The van der Waals surface area contributed by atoms with Gasteiger partial charge in [-0.2, -0.15) is 0 Å². The molecule has 0 spiro atoms. The van der Waals surface area contributed by atoms with Crippen LogP contribution in [0.25, 0.3) is 0 Å². The quantitative estimate of drug-likeness (QED) is 0.914. The molecule has 2 atom stereocenters. The average molecular weight is 359 g/mol. The van der Waals surface area contributed by atoms with E-state index in [4.69, 9.17) is 5.73 Å². The fourth-order valence-corrected chi connectivity index (χ4v) is 3.56. The van der Waals surface area contributed by atoms with E-state index in [1.807, 2.05) is 47.4 Å². The first-order chi connectivity index (χ1) is 10.7. The minimum Gasteiger partial charge on any atom is -0.338 e. The molecule has 0 bridgehead atoms. The van der Waals surface area contributed by atoms with Crippen molar-refractivity contribution in [2.45, 2.75) is 5.92 Å². The van der Waals surface area contributed by atoms with Crippen molar-refractivity contribution in [3.8, 4) is 0 Å². The molecule has 2 aromatic carbocycles. The Kier molecular flexibility index (Phi) is 4.60. The molecular formula is C18H19BrN2O. The number of nitrogens with zero attached hydrogens (tertiary/aromatic N) is 1. The van der Waals surface area contributed by atoms with Gasteiger partial charge in [0, 0.05) is 29.0 Å². The largest absolute Gasteiger partial charge is 0.338 e.